The normalized spacial score (nSPS) is 15.6. The second kappa shape index (κ2) is 4.19. The van der Waals surface area contributed by atoms with E-state index < -0.39 is 17.8 Å². The number of rotatable bonds is 2. The lowest BCUT2D eigenvalue weighted by Gasteiger charge is -2.05. The number of nitrogens with zero attached hydrogens (tertiary/aromatic N) is 3. The van der Waals surface area contributed by atoms with Crippen molar-refractivity contribution in [1.82, 2.24) is 14.6 Å². The monoisotopic (exact) mass is 285 g/mol. The first-order chi connectivity index (χ1) is 9.40. The number of ether oxygens (including phenoxy) is 1. The van der Waals surface area contributed by atoms with Crippen LogP contribution < -0.4 is 0 Å². The number of carbonyl (C=O) groups excluding carboxylic acids is 1. The zero-order valence-corrected chi connectivity index (χ0v) is 10.4. The Bertz CT molecular complexity index is 689. The highest BCUT2D eigenvalue weighted by molar-refractivity contribution is 5.88. The molecule has 0 aliphatic heterocycles. The topological polar surface area (TPSA) is 56.5 Å². The molecule has 2 heterocycles. The molecule has 0 unspecified atom stereocenters. The van der Waals surface area contributed by atoms with Gasteiger partial charge in [0.15, 0.2) is 17.0 Å². The Hall–Kier alpha value is -2.12. The van der Waals surface area contributed by atoms with Crippen molar-refractivity contribution in [2.24, 2.45) is 0 Å². The quantitative estimate of drug-likeness (QED) is 0.795. The van der Waals surface area contributed by atoms with Crippen LogP contribution in [0.4, 0.5) is 13.2 Å². The minimum atomic E-state index is -4.58. The lowest BCUT2D eigenvalue weighted by Crippen LogP contribution is -2.12. The summed E-state index contributed by atoms with van der Waals surface area (Å²) in [6.45, 7) is 0. The molecule has 0 bridgehead atoms. The minimum Gasteiger partial charge on any atom is -0.464 e. The average Bonchev–Trinajstić information content (AvgIpc) is 3.14. The highest BCUT2D eigenvalue weighted by atomic mass is 19.4. The number of fused-ring (bicyclic) bond motifs is 1. The maximum Gasteiger partial charge on any atom is 0.435 e. The van der Waals surface area contributed by atoms with Gasteiger partial charge in [0.1, 0.15) is 0 Å². The van der Waals surface area contributed by atoms with Crippen molar-refractivity contribution in [3.63, 3.8) is 0 Å². The summed E-state index contributed by atoms with van der Waals surface area (Å²) in [5.41, 5.74) is -0.522. The first kappa shape index (κ1) is 12.9. The van der Waals surface area contributed by atoms with Crippen LogP contribution in [-0.2, 0) is 10.9 Å². The fourth-order valence-corrected chi connectivity index (χ4v) is 1.97. The van der Waals surface area contributed by atoms with Crippen LogP contribution in [0.25, 0.3) is 5.65 Å². The fraction of sp³-hybridized carbons (Fsp3) is 0.417. The van der Waals surface area contributed by atoms with Gasteiger partial charge in [-0.2, -0.15) is 18.3 Å². The molecule has 0 atom stereocenters. The molecule has 1 aliphatic carbocycles. The number of alkyl halides is 3. The predicted molar refractivity (Wildman–Crippen MR) is 61.3 cm³/mol. The predicted octanol–water partition coefficient (Wildman–Crippen LogP) is 2.41. The zero-order valence-electron chi connectivity index (χ0n) is 10.4. The van der Waals surface area contributed by atoms with Crippen LogP contribution in [0.2, 0.25) is 0 Å². The number of carbonyl (C=O) groups is 1. The third-order valence-corrected chi connectivity index (χ3v) is 3.13. The highest BCUT2D eigenvalue weighted by Gasteiger charge is 2.35. The fourth-order valence-electron chi connectivity index (χ4n) is 1.97. The second-order valence-corrected chi connectivity index (χ2v) is 4.63. The van der Waals surface area contributed by atoms with Crippen LogP contribution in [0.1, 0.15) is 40.6 Å². The third-order valence-electron chi connectivity index (χ3n) is 3.13. The van der Waals surface area contributed by atoms with Crippen LogP contribution in [-0.4, -0.2) is 27.7 Å². The van der Waals surface area contributed by atoms with Gasteiger partial charge in [-0.05, 0) is 18.9 Å². The van der Waals surface area contributed by atoms with E-state index in [1.807, 2.05) is 0 Å². The van der Waals surface area contributed by atoms with E-state index in [2.05, 4.69) is 14.8 Å². The molecule has 0 N–H and O–H groups in total. The SMILES string of the molecule is COC(=O)c1cc(C2CC2)nc2cc(C(F)(F)F)nn12. The lowest BCUT2D eigenvalue weighted by molar-refractivity contribution is -0.141. The van der Waals surface area contributed by atoms with E-state index in [9.17, 15) is 18.0 Å². The summed E-state index contributed by atoms with van der Waals surface area (Å²) >= 11 is 0. The number of esters is 1. The van der Waals surface area contributed by atoms with Crippen molar-refractivity contribution in [3.8, 4) is 0 Å². The summed E-state index contributed by atoms with van der Waals surface area (Å²) in [6, 6.07) is 2.28. The standard InChI is InChI=1S/C12H10F3N3O2/c1-20-11(19)8-4-7(6-2-3-6)16-10-5-9(12(13,14)15)17-18(8)10/h4-6H,2-3H2,1H3. The van der Waals surface area contributed by atoms with E-state index in [1.165, 1.54) is 13.2 Å². The zero-order chi connectivity index (χ0) is 14.5. The summed E-state index contributed by atoms with van der Waals surface area (Å²) in [7, 11) is 1.17. The smallest absolute Gasteiger partial charge is 0.435 e. The van der Waals surface area contributed by atoms with Crippen molar-refractivity contribution in [1.29, 1.82) is 0 Å². The van der Waals surface area contributed by atoms with E-state index >= 15 is 0 Å². The Morgan fingerprint density at radius 3 is 2.65 bits per heavy atom. The molecule has 106 valence electrons. The van der Waals surface area contributed by atoms with Crippen LogP contribution in [0.15, 0.2) is 12.1 Å². The summed E-state index contributed by atoms with van der Waals surface area (Å²) in [4.78, 5) is 15.8. The van der Waals surface area contributed by atoms with Gasteiger partial charge in [0.05, 0.1) is 7.11 Å². The Morgan fingerprint density at radius 2 is 2.10 bits per heavy atom. The van der Waals surface area contributed by atoms with E-state index in [-0.39, 0.29) is 17.3 Å². The first-order valence-electron chi connectivity index (χ1n) is 5.96. The molecule has 0 radical (unpaired) electrons. The highest BCUT2D eigenvalue weighted by Crippen LogP contribution is 2.39. The third kappa shape index (κ3) is 2.10. The van der Waals surface area contributed by atoms with Gasteiger partial charge < -0.3 is 4.74 Å². The summed E-state index contributed by atoms with van der Waals surface area (Å²) in [6.07, 6.45) is -2.74. The van der Waals surface area contributed by atoms with Gasteiger partial charge in [-0.25, -0.2) is 14.3 Å². The van der Waals surface area contributed by atoms with Gasteiger partial charge in [-0.1, -0.05) is 0 Å². The molecule has 0 aromatic carbocycles. The van der Waals surface area contributed by atoms with Crippen molar-refractivity contribution in [2.75, 3.05) is 7.11 Å². The molecule has 1 fully saturated rings. The molecule has 0 amide bonds. The number of hydrogen-bond acceptors (Lipinski definition) is 4. The largest absolute Gasteiger partial charge is 0.464 e. The van der Waals surface area contributed by atoms with E-state index in [0.717, 1.165) is 23.4 Å². The van der Waals surface area contributed by atoms with Crippen molar-refractivity contribution in [2.45, 2.75) is 24.9 Å². The summed E-state index contributed by atoms with van der Waals surface area (Å²) in [5, 5.41) is 3.40. The van der Waals surface area contributed by atoms with Crippen LogP contribution >= 0.6 is 0 Å². The Labute approximate surface area is 111 Å². The van der Waals surface area contributed by atoms with E-state index in [4.69, 9.17) is 0 Å². The molecule has 5 nitrogen and oxygen atoms in total. The molecular weight excluding hydrogens is 275 g/mol. The van der Waals surface area contributed by atoms with Crippen LogP contribution in [0.3, 0.4) is 0 Å². The summed E-state index contributed by atoms with van der Waals surface area (Å²) < 4.78 is 43.5. The average molecular weight is 285 g/mol. The Balaban J connectivity index is 2.22. The molecule has 0 saturated heterocycles. The minimum absolute atomic E-state index is 0.00197. The number of aromatic nitrogens is 3. The second-order valence-electron chi connectivity index (χ2n) is 4.63. The summed E-state index contributed by atoms with van der Waals surface area (Å²) in [5.74, 6) is -0.538. The van der Waals surface area contributed by atoms with Crippen LogP contribution in [0, 0.1) is 0 Å². The molecule has 20 heavy (non-hydrogen) atoms. The van der Waals surface area contributed by atoms with Gasteiger partial charge in [0.25, 0.3) is 0 Å². The maximum absolute atomic E-state index is 12.7. The molecule has 1 saturated carbocycles. The Kier molecular flexibility index (Phi) is 2.70. The van der Waals surface area contributed by atoms with Gasteiger partial charge >= 0.3 is 12.1 Å². The molecule has 3 rings (SSSR count). The molecular formula is C12H10F3N3O2. The molecule has 0 spiro atoms. The molecule has 8 heteroatoms. The molecule has 2 aromatic heterocycles. The number of methoxy groups -OCH3 is 1. The van der Waals surface area contributed by atoms with Crippen molar-refractivity contribution < 1.29 is 22.7 Å². The molecule has 1 aliphatic rings. The van der Waals surface area contributed by atoms with Gasteiger partial charge in [-0.15, -0.1) is 0 Å². The van der Waals surface area contributed by atoms with Crippen molar-refractivity contribution >= 4 is 11.6 Å². The van der Waals surface area contributed by atoms with Gasteiger partial charge in [0, 0.05) is 17.7 Å². The van der Waals surface area contributed by atoms with Gasteiger partial charge in [0.2, 0.25) is 0 Å². The van der Waals surface area contributed by atoms with Crippen LogP contribution in [0.5, 0.6) is 0 Å². The number of hydrogen-bond donors (Lipinski definition) is 0. The van der Waals surface area contributed by atoms with Crippen molar-refractivity contribution in [3.05, 3.63) is 29.2 Å². The van der Waals surface area contributed by atoms with E-state index in [0.29, 0.717) is 5.69 Å². The van der Waals surface area contributed by atoms with Gasteiger partial charge in [-0.3, -0.25) is 0 Å². The number of halogens is 3. The maximum atomic E-state index is 12.7. The Morgan fingerprint density at radius 1 is 1.40 bits per heavy atom. The molecule has 2 aromatic rings. The van der Waals surface area contributed by atoms with E-state index in [1.54, 1.807) is 0 Å². The lowest BCUT2D eigenvalue weighted by atomic mass is 10.2. The first-order valence-corrected chi connectivity index (χ1v) is 5.96.